The van der Waals surface area contributed by atoms with E-state index in [4.69, 9.17) is 28.4 Å². The molecular formula is C81H81N5O18. The van der Waals surface area contributed by atoms with Crippen LogP contribution in [-0.2, 0) is 47.8 Å². The molecular weight excluding hydrogens is 1330 g/mol. The number of nitro benzene ring substituents is 1. The molecule has 4 aliphatic heterocycles. The maximum atomic E-state index is 13.6. The van der Waals surface area contributed by atoms with Gasteiger partial charge in [-0.05, 0) is 214 Å². The molecule has 20 rings (SSSR count). The van der Waals surface area contributed by atoms with Crippen LogP contribution in [0.1, 0.15) is 78.7 Å². The Hall–Kier alpha value is -10.1. The standard InChI is InChI=1S/C24H27NO4.C23H23NO5.C18H17NO5.C16H14N2O4/c1-3-28-14-7-8-18(29-4-2)17(10-14)25-23(26)21-15-11-16(22(21)24(25)27)20-13-6-5-12(9-13)19(15)20;1-28-16-6-5-12(8-13(16)23(27)29-2)24-21(25)19-14-9-15(20(19)22(24)26)18-11-4-3-10(7-11)17(14)18;1-23-13-6-5-11(8-12(13)18(22)24-2)19-16(20)14-9-3-4-10(7-9)15(14)17(19)21;1-8-6-11(18(21)22)4-5-12(8)17-15(19)13-9-2-3-10(7-9)14(13)16(17)20/h5-8,10,12-13,15-16,19-22H,3-4,9,11H2,1-2H3;3-6,8,10-11,14-15,17-20H,7,9H2,1-2H3;3-6,8-10,14-15H,7H2,1-2H3;2-6,9-10,13-14H,7H2,1H3. The van der Waals surface area contributed by atoms with E-state index in [0.29, 0.717) is 136 Å². The van der Waals surface area contributed by atoms with Crippen molar-refractivity contribution in [2.24, 2.45) is 142 Å². The lowest BCUT2D eigenvalue weighted by Crippen LogP contribution is -2.38. The molecule has 0 N–H and O–H groups in total. The fourth-order valence-corrected chi connectivity index (χ4v) is 23.4. The number of imide groups is 4. The van der Waals surface area contributed by atoms with Gasteiger partial charge in [0.1, 0.15) is 34.1 Å². The molecule has 538 valence electrons. The first-order valence-corrected chi connectivity index (χ1v) is 36.7. The van der Waals surface area contributed by atoms with Crippen LogP contribution in [0.2, 0.25) is 0 Å². The fourth-order valence-electron chi connectivity index (χ4n) is 23.4. The van der Waals surface area contributed by atoms with Crippen LogP contribution in [0, 0.1) is 159 Å². The number of benzene rings is 4. The molecule has 4 aromatic carbocycles. The zero-order valence-corrected chi connectivity index (χ0v) is 58.6. The van der Waals surface area contributed by atoms with Crippen LogP contribution < -0.4 is 38.5 Å². The lowest BCUT2D eigenvalue weighted by atomic mass is 9.65. The number of non-ortho nitro benzene ring substituents is 1. The number of aryl methyl sites for hydroxylation is 1. The molecule has 16 aliphatic rings. The number of methoxy groups -OCH3 is 4. The maximum absolute atomic E-state index is 13.6. The van der Waals surface area contributed by atoms with Gasteiger partial charge in [-0.25, -0.2) is 24.3 Å². The summed E-state index contributed by atoms with van der Waals surface area (Å²) in [5, 5.41) is 10.8. The van der Waals surface area contributed by atoms with Crippen LogP contribution in [-0.4, -0.2) is 106 Å². The highest BCUT2D eigenvalue weighted by molar-refractivity contribution is 6.26. The smallest absolute Gasteiger partial charge is 0.341 e. The first-order valence-electron chi connectivity index (χ1n) is 36.7. The van der Waals surface area contributed by atoms with Crippen molar-refractivity contribution in [3.05, 3.63) is 148 Å². The molecule has 12 fully saturated rings. The Bertz CT molecular complexity index is 4430. The van der Waals surface area contributed by atoms with Gasteiger partial charge in [-0.15, -0.1) is 0 Å². The van der Waals surface area contributed by atoms with Crippen molar-refractivity contribution in [3.63, 3.8) is 0 Å². The summed E-state index contributed by atoms with van der Waals surface area (Å²) in [7, 11) is 5.48. The number of hydrogen-bond acceptors (Lipinski definition) is 18. The van der Waals surface area contributed by atoms with Crippen molar-refractivity contribution in [2.75, 3.05) is 61.3 Å². The predicted molar refractivity (Wildman–Crippen MR) is 373 cm³/mol. The Morgan fingerprint density at radius 1 is 0.404 bits per heavy atom. The molecule has 104 heavy (non-hydrogen) atoms. The predicted octanol–water partition coefficient (Wildman–Crippen LogP) is 10.4. The first-order chi connectivity index (χ1) is 50.2. The number of nitrogens with zero attached hydrogens (tertiary/aromatic N) is 5. The van der Waals surface area contributed by atoms with Gasteiger partial charge in [0.25, 0.3) is 5.69 Å². The molecule has 23 heteroatoms. The Morgan fingerprint density at radius 2 is 0.750 bits per heavy atom. The van der Waals surface area contributed by atoms with Crippen molar-refractivity contribution >= 4 is 87.6 Å². The first kappa shape index (κ1) is 67.1. The Morgan fingerprint density at radius 3 is 1.12 bits per heavy atom. The van der Waals surface area contributed by atoms with Gasteiger partial charge in [0.15, 0.2) is 0 Å². The number of hydrogen-bond donors (Lipinski definition) is 0. The number of esters is 2. The molecule has 8 amide bonds. The molecule has 8 saturated carbocycles. The van der Waals surface area contributed by atoms with E-state index < -0.39 is 16.9 Å². The molecule has 12 bridgehead atoms. The normalized spacial score (nSPS) is 36.3. The second-order valence-electron chi connectivity index (χ2n) is 31.0. The van der Waals surface area contributed by atoms with E-state index in [2.05, 4.69) is 36.5 Å². The lowest BCUT2D eigenvalue weighted by Gasteiger charge is -2.36. The third-order valence-corrected chi connectivity index (χ3v) is 26.9. The molecule has 0 spiro atoms. The second-order valence-corrected chi connectivity index (χ2v) is 31.0. The van der Waals surface area contributed by atoms with E-state index in [1.165, 1.54) is 91.2 Å². The molecule has 4 saturated heterocycles. The second kappa shape index (κ2) is 25.1. The van der Waals surface area contributed by atoms with Gasteiger partial charge < -0.3 is 28.4 Å². The number of anilines is 4. The number of amides is 8. The molecule has 24 atom stereocenters. The van der Waals surface area contributed by atoms with Crippen LogP contribution in [0.25, 0.3) is 0 Å². The summed E-state index contributed by atoms with van der Waals surface area (Å²) < 4.78 is 31.4. The van der Waals surface area contributed by atoms with Gasteiger partial charge in [0.2, 0.25) is 47.3 Å². The Kier molecular flexibility index (Phi) is 16.2. The summed E-state index contributed by atoms with van der Waals surface area (Å²) in [6, 6.07) is 19.2. The van der Waals surface area contributed by atoms with E-state index in [-0.39, 0.29) is 135 Å². The van der Waals surface area contributed by atoms with Gasteiger partial charge in [-0.1, -0.05) is 48.6 Å². The van der Waals surface area contributed by atoms with Crippen molar-refractivity contribution in [1.82, 2.24) is 0 Å². The van der Waals surface area contributed by atoms with Gasteiger partial charge >= 0.3 is 11.9 Å². The van der Waals surface area contributed by atoms with Crippen molar-refractivity contribution in [2.45, 2.75) is 59.3 Å². The Balaban J connectivity index is 0.000000103. The number of nitro groups is 1. The monoisotopic (exact) mass is 1410 g/mol. The molecule has 24 unspecified atom stereocenters. The number of ether oxygens (including phenoxy) is 6. The van der Waals surface area contributed by atoms with Gasteiger partial charge in [0.05, 0.1) is 117 Å². The minimum Gasteiger partial charge on any atom is -0.496 e. The lowest BCUT2D eigenvalue weighted by molar-refractivity contribution is -0.384. The van der Waals surface area contributed by atoms with Crippen molar-refractivity contribution < 1.29 is 81.3 Å². The van der Waals surface area contributed by atoms with Crippen molar-refractivity contribution in [3.8, 4) is 23.0 Å². The largest absolute Gasteiger partial charge is 0.496 e. The van der Waals surface area contributed by atoms with Crippen LogP contribution >= 0.6 is 0 Å². The van der Waals surface area contributed by atoms with Crippen molar-refractivity contribution in [1.29, 1.82) is 0 Å². The zero-order valence-electron chi connectivity index (χ0n) is 58.6. The summed E-state index contributed by atoms with van der Waals surface area (Å²) in [6.07, 6.45) is 23.9. The van der Waals surface area contributed by atoms with Crippen LogP contribution in [0.15, 0.2) is 121 Å². The number of fused-ring (bicyclic) bond motifs is 34. The molecule has 0 radical (unpaired) electrons. The van der Waals surface area contributed by atoms with E-state index >= 15 is 0 Å². The van der Waals surface area contributed by atoms with E-state index in [1.807, 2.05) is 38.1 Å². The van der Waals surface area contributed by atoms with Crippen LogP contribution in [0.3, 0.4) is 0 Å². The average molecular weight is 1410 g/mol. The highest BCUT2D eigenvalue weighted by atomic mass is 16.6. The SMILES string of the molecule is CCOc1ccc(OCC)c(N2C(=O)C3C4CC(C3C2=O)C2C3C=CC(C3)C42)c1.COC(=O)c1cc(N2C(=O)C3C4C=CC(C4)C3C2=O)ccc1OC.COC(=O)c1cc(N2C(=O)C3C4CC(C3C2=O)C2C3C=CC(C3)C42)ccc1OC.Cc1cc([N+](=O)[O-])ccc1N1C(=O)C2C3C=CC(C3)C2C1=O. The third kappa shape index (κ3) is 9.70. The summed E-state index contributed by atoms with van der Waals surface area (Å²) in [4.78, 5) is 145. The summed E-state index contributed by atoms with van der Waals surface area (Å²) in [5.74, 6) is 4.89. The fraction of sp³-hybridized carbons (Fsp3) is 0.481. The van der Waals surface area contributed by atoms with E-state index in [1.54, 1.807) is 37.3 Å². The number of allylic oxidation sites excluding steroid dienone is 8. The van der Waals surface area contributed by atoms with Gasteiger partial charge in [-0.2, -0.15) is 0 Å². The van der Waals surface area contributed by atoms with Crippen LogP contribution in [0.5, 0.6) is 23.0 Å². The summed E-state index contributed by atoms with van der Waals surface area (Å²) in [5.41, 5.74) is 2.77. The maximum Gasteiger partial charge on any atom is 0.341 e. The summed E-state index contributed by atoms with van der Waals surface area (Å²) in [6.45, 7) is 6.53. The quantitative estimate of drug-likeness (QED) is 0.0300. The Labute approximate surface area is 600 Å². The van der Waals surface area contributed by atoms with E-state index in [9.17, 15) is 58.1 Å². The molecule has 12 aliphatic carbocycles. The minimum atomic E-state index is -0.574. The molecule has 23 nitrogen and oxygen atoms in total. The molecule has 0 aromatic heterocycles. The number of carbonyl (C=O) groups excluding carboxylic acids is 10. The molecule has 4 heterocycles. The minimum absolute atomic E-state index is 0.0210. The average Bonchev–Trinajstić information content (AvgIpc) is 1.53. The topological polar surface area (TPSA) is 282 Å². The number of carbonyl (C=O) groups is 10. The highest BCUT2D eigenvalue weighted by Gasteiger charge is 2.73. The van der Waals surface area contributed by atoms with E-state index in [0.717, 1.165) is 25.7 Å². The zero-order chi connectivity index (χ0) is 72.5. The number of rotatable bonds is 13. The highest BCUT2D eigenvalue weighted by Crippen LogP contribution is 2.72. The summed E-state index contributed by atoms with van der Waals surface area (Å²) >= 11 is 0. The van der Waals surface area contributed by atoms with Crippen LogP contribution in [0.4, 0.5) is 28.4 Å². The third-order valence-electron chi connectivity index (χ3n) is 26.9. The van der Waals surface area contributed by atoms with Gasteiger partial charge in [-0.3, -0.25) is 53.4 Å². The van der Waals surface area contributed by atoms with Gasteiger partial charge in [0, 0.05) is 18.2 Å². The molecule has 4 aromatic rings.